The molecule has 0 bridgehead atoms. The predicted octanol–water partition coefficient (Wildman–Crippen LogP) is -1.85. The Morgan fingerprint density at radius 2 is 1.50 bits per heavy atom. The van der Waals surface area contributed by atoms with Crippen LogP contribution in [0.2, 0.25) is 0 Å². The first kappa shape index (κ1) is 33.3. The summed E-state index contributed by atoms with van der Waals surface area (Å²) < 4.78 is 33.1. The monoisotopic (exact) mass is 652 g/mol. The summed E-state index contributed by atoms with van der Waals surface area (Å²) >= 11 is 0. The van der Waals surface area contributed by atoms with Crippen LogP contribution in [0.4, 0.5) is 0 Å². The molecule has 1 aromatic heterocycles. The topological polar surface area (TPSA) is 275 Å². The third-order valence-corrected chi connectivity index (χ3v) is 7.51. The number of hydrogen-bond acceptors (Lipinski definition) is 17. The van der Waals surface area contributed by atoms with Gasteiger partial charge in [0.05, 0.1) is 6.61 Å². The molecule has 3 heterocycles. The zero-order chi connectivity index (χ0) is 33.4. The molecule has 17 nitrogen and oxygen atoms in total. The van der Waals surface area contributed by atoms with Gasteiger partial charge in [-0.15, -0.1) is 0 Å². The molecular formula is C29H32O17. The van der Waals surface area contributed by atoms with Gasteiger partial charge in [0.25, 0.3) is 0 Å². The molecule has 9 N–H and O–H groups in total. The number of benzene rings is 2. The molecule has 2 fully saturated rings. The number of ether oxygens (including phenoxy) is 5. The van der Waals surface area contributed by atoms with Crippen LogP contribution in [-0.4, -0.2) is 127 Å². The van der Waals surface area contributed by atoms with Crippen molar-refractivity contribution in [1.82, 2.24) is 0 Å². The number of aromatic hydroxyl groups is 3. The second kappa shape index (κ2) is 13.4. The Kier molecular flexibility index (Phi) is 9.68. The van der Waals surface area contributed by atoms with Crippen LogP contribution in [0.25, 0.3) is 22.3 Å². The minimum absolute atomic E-state index is 0.129. The Hall–Kier alpha value is -4.04. The zero-order valence-corrected chi connectivity index (χ0v) is 23.9. The van der Waals surface area contributed by atoms with Crippen molar-refractivity contribution in [3.63, 3.8) is 0 Å². The molecular weight excluding hydrogens is 620 g/mol. The van der Waals surface area contributed by atoms with Crippen LogP contribution in [0.5, 0.6) is 23.0 Å². The molecule has 5 rings (SSSR count). The lowest BCUT2D eigenvalue weighted by molar-refractivity contribution is -0.353. The van der Waals surface area contributed by atoms with E-state index in [0.717, 1.165) is 19.1 Å². The fourth-order valence-electron chi connectivity index (χ4n) is 5.13. The molecule has 3 aromatic rings. The van der Waals surface area contributed by atoms with Gasteiger partial charge in [0.2, 0.25) is 17.5 Å². The lowest BCUT2D eigenvalue weighted by Crippen LogP contribution is -2.65. The lowest BCUT2D eigenvalue weighted by Gasteiger charge is -2.45. The number of esters is 1. The van der Waals surface area contributed by atoms with Gasteiger partial charge in [-0.25, -0.2) is 0 Å². The summed E-state index contributed by atoms with van der Waals surface area (Å²) in [5, 5.41) is 92.9. The highest BCUT2D eigenvalue weighted by molar-refractivity contribution is 5.88. The molecule has 17 heteroatoms. The van der Waals surface area contributed by atoms with E-state index in [-0.39, 0.29) is 22.7 Å². The highest BCUT2D eigenvalue weighted by Crippen LogP contribution is 2.38. The van der Waals surface area contributed by atoms with Crippen molar-refractivity contribution in [3.8, 4) is 34.3 Å². The third-order valence-electron chi connectivity index (χ3n) is 7.51. The predicted molar refractivity (Wildman–Crippen MR) is 149 cm³/mol. The van der Waals surface area contributed by atoms with Gasteiger partial charge in [-0.1, -0.05) is 0 Å². The van der Waals surface area contributed by atoms with Crippen molar-refractivity contribution in [1.29, 1.82) is 0 Å². The number of rotatable bonds is 8. The van der Waals surface area contributed by atoms with Gasteiger partial charge in [-0.05, 0) is 24.3 Å². The molecule has 0 radical (unpaired) electrons. The SMILES string of the molecule is CC(=O)OC[C@H]1O[C@@H](O[C@H]2[C@@H](O)[C@@H](CO)O[C@@H](Oc3c(-c4ccc(O)cc4)oc4cc(O)cc(O)c4c3=O)[C@@H]2O)[C@H](O)[C@@H](O)[C@@H]1O. The van der Waals surface area contributed by atoms with Crippen LogP contribution < -0.4 is 10.2 Å². The number of carbonyl (C=O) groups is 1. The van der Waals surface area contributed by atoms with Crippen LogP contribution in [0.15, 0.2) is 45.6 Å². The summed E-state index contributed by atoms with van der Waals surface area (Å²) in [5.74, 6) is -2.89. The van der Waals surface area contributed by atoms with Crippen molar-refractivity contribution in [2.45, 2.75) is 68.3 Å². The smallest absolute Gasteiger partial charge is 0.302 e. The van der Waals surface area contributed by atoms with Crippen molar-refractivity contribution in [2.75, 3.05) is 13.2 Å². The minimum Gasteiger partial charge on any atom is -0.508 e. The number of aliphatic hydroxyl groups excluding tert-OH is 6. The van der Waals surface area contributed by atoms with Crippen LogP contribution in [-0.2, 0) is 23.7 Å². The maximum atomic E-state index is 13.7. The van der Waals surface area contributed by atoms with Crippen molar-refractivity contribution >= 4 is 16.9 Å². The van der Waals surface area contributed by atoms with E-state index < -0.39 is 109 Å². The molecule has 2 aromatic carbocycles. The van der Waals surface area contributed by atoms with Crippen LogP contribution in [0.3, 0.4) is 0 Å². The maximum absolute atomic E-state index is 13.7. The van der Waals surface area contributed by atoms with E-state index in [1.807, 2.05) is 0 Å². The second-order valence-electron chi connectivity index (χ2n) is 10.7. The number of hydrogen-bond donors (Lipinski definition) is 9. The summed E-state index contributed by atoms with van der Waals surface area (Å²) in [6, 6.07) is 7.19. The average molecular weight is 653 g/mol. The summed E-state index contributed by atoms with van der Waals surface area (Å²) in [7, 11) is 0. The first-order valence-electron chi connectivity index (χ1n) is 13.9. The molecule has 10 atom stereocenters. The van der Waals surface area contributed by atoms with Gasteiger partial charge in [0, 0.05) is 24.6 Å². The third kappa shape index (κ3) is 6.45. The summed E-state index contributed by atoms with van der Waals surface area (Å²) in [5.41, 5.74) is -1.07. The van der Waals surface area contributed by atoms with Gasteiger partial charge in [-0.2, -0.15) is 0 Å². The summed E-state index contributed by atoms with van der Waals surface area (Å²) in [6.45, 7) is -0.325. The van der Waals surface area contributed by atoms with E-state index in [1.54, 1.807) is 0 Å². The van der Waals surface area contributed by atoms with Crippen molar-refractivity contribution in [3.05, 3.63) is 46.6 Å². The van der Waals surface area contributed by atoms with Gasteiger partial charge in [0.1, 0.15) is 83.7 Å². The molecule has 0 unspecified atom stereocenters. The Morgan fingerprint density at radius 1 is 0.826 bits per heavy atom. The van der Waals surface area contributed by atoms with E-state index in [9.17, 15) is 55.5 Å². The fourth-order valence-corrected chi connectivity index (χ4v) is 5.13. The van der Waals surface area contributed by atoms with Crippen LogP contribution in [0.1, 0.15) is 6.92 Å². The Labute approximate surface area is 258 Å². The maximum Gasteiger partial charge on any atom is 0.302 e. The molecule has 0 saturated carbocycles. The summed E-state index contributed by atoms with van der Waals surface area (Å²) in [4.78, 5) is 24.9. The fraction of sp³-hybridized carbons (Fsp3) is 0.448. The lowest BCUT2D eigenvalue weighted by atomic mass is 9.97. The molecule has 250 valence electrons. The van der Waals surface area contributed by atoms with Gasteiger partial charge in [0.15, 0.2) is 12.1 Å². The van der Waals surface area contributed by atoms with E-state index in [4.69, 9.17) is 28.1 Å². The first-order chi connectivity index (χ1) is 21.8. The summed E-state index contributed by atoms with van der Waals surface area (Å²) in [6.07, 6.45) is -17.8. The molecule has 0 aliphatic carbocycles. The first-order valence-corrected chi connectivity index (χ1v) is 13.9. The Balaban J connectivity index is 1.50. The normalized spacial score (nSPS) is 31.5. The highest BCUT2D eigenvalue weighted by Gasteiger charge is 2.51. The Morgan fingerprint density at radius 3 is 2.15 bits per heavy atom. The largest absolute Gasteiger partial charge is 0.508 e. The van der Waals surface area contributed by atoms with Crippen LogP contribution >= 0.6 is 0 Å². The highest BCUT2D eigenvalue weighted by atomic mass is 16.7. The quantitative estimate of drug-likeness (QED) is 0.121. The molecule has 0 spiro atoms. The number of fused-ring (bicyclic) bond motifs is 1. The zero-order valence-electron chi connectivity index (χ0n) is 23.9. The second-order valence-corrected chi connectivity index (χ2v) is 10.7. The van der Waals surface area contributed by atoms with Gasteiger partial charge >= 0.3 is 5.97 Å². The van der Waals surface area contributed by atoms with Gasteiger partial charge < -0.3 is 74.1 Å². The number of aliphatic hydroxyl groups is 6. The minimum atomic E-state index is -2.01. The molecule has 2 aliphatic rings. The number of carbonyl (C=O) groups excluding carboxylic acids is 1. The standard InChI is InChI=1S/C29H32O17/c1-10(31)41-9-17-19(35)22(38)23(39)28(44-17)45-26-20(36)16(8-30)43-29(24(26)40)46-27-21(37)18-14(34)6-13(33)7-15(18)42-25(27)11-2-4-12(32)5-3-11/h2-7,16-17,19-20,22-24,26,28-30,32-36,38-40H,8-9H2,1H3/t16-,17-,19-,20+,22+,23-,24-,26+,28+,29+/m1/s1. The van der Waals surface area contributed by atoms with Crippen LogP contribution in [0, 0.1) is 0 Å². The van der Waals surface area contributed by atoms with Crippen molar-refractivity contribution < 1.29 is 78.9 Å². The van der Waals surface area contributed by atoms with E-state index in [2.05, 4.69) is 0 Å². The Bertz CT molecular complexity index is 1610. The number of phenols is 3. The molecule has 2 aliphatic heterocycles. The molecule has 46 heavy (non-hydrogen) atoms. The van der Waals surface area contributed by atoms with Crippen molar-refractivity contribution in [2.24, 2.45) is 0 Å². The van der Waals surface area contributed by atoms with E-state index in [0.29, 0.717) is 0 Å². The average Bonchev–Trinajstić information content (AvgIpc) is 3.00. The number of phenolic OH excluding ortho intramolecular Hbond substituents is 3. The molecule has 0 amide bonds. The van der Waals surface area contributed by atoms with E-state index >= 15 is 0 Å². The van der Waals surface area contributed by atoms with Gasteiger partial charge in [-0.3, -0.25) is 9.59 Å². The van der Waals surface area contributed by atoms with E-state index in [1.165, 1.54) is 24.3 Å². The molecule has 2 saturated heterocycles.